The molecule has 2 N–H and O–H groups in total. The van der Waals surface area contributed by atoms with Gasteiger partial charge in [-0.25, -0.2) is 4.79 Å². The number of carbonyl (C=O) groups excluding carboxylic acids is 1. The Hall–Kier alpha value is -2.76. The van der Waals surface area contributed by atoms with E-state index in [0.29, 0.717) is 24.7 Å². The molecule has 0 bridgehead atoms. The van der Waals surface area contributed by atoms with Crippen molar-refractivity contribution < 1.29 is 19.0 Å². The topological polar surface area (TPSA) is 83.7 Å². The fourth-order valence-corrected chi connectivity index (χ4v) is 4.12. The van der Waals surface area contributed by atoms with Crippen molar-refractivity contribution in [2.75, 3.05) is 6.61 Å². The van der Waals surface area contributed by atoms with E-state index in [1.807, 2.05) is 31.3 Å². The van der Waals surface area contributed by atoms with E-state index in [9.17, 15) is 4.79 Å². The normalized spacial score (nSPS) is 14.7. The first-order chi connectivity index (χ1) is 14.1. The molecule has 0 spiro atoms. The van der Waals surface area contributed by atoms with E-state index >= 15 is 0 Å². The molecule has 0 radical (unpaired) electrons. The highest BCUT2D eigenvalue weighted by Gasteiger charge is 2.23. The summed E-state index contributed by atoms with van der Waals surface area (Å²) in [6.45, 7) is 11.5. The summed E-state index contributed by atoms with van der Waals surface area (Å²) in [5.74, 6) is 1.82. The number of rotatable bonds is 7. The van der Waals surface area contributed by atoms with Crippen LogP contribution in [-0.4, -0.2) is 23.8 Å². The number of benzene rings is 1. The van der Waals surface area contributed by atoms with Crippen molar-refractivity contribution in [2.24, 2.45) is 17.1 Å². The number of nitrogens with two attached hydrogens (primary N) is 1. The van der Waals surface area contributed by atoms with Crippen molar-refractivity contribution in [3.63, 3.8) is 0 Å². The first-order valence-electron chi connectivity index (χ1n) is 10.4. The number of fused-ring (bicyclic) bond motifs is 3. The SMILES string of the molecule is Cc1cc2c(cn1)COc1cc(OCC(CC(C)CC(C)(C)C)OC(N)=O)ccc1-2. The largest absolute Gasteiger partial charge is 0.490 e. The van der Waals surface area contributed by atoms with E-state index < -0.39 is 12.2 Å². The number of hydrogen-bond acceptors (Lipinski definition) is 5. The zero-order valence-electron chi connectivity index (χ0n) is 18.5. The number of aryl methyl sites for hydroxylation is 1. The Balaban J connectivity index is 1.68. The van der Waals surface area contributed by atoms with Gasteiger partial charge in [0.05, 0.1) is 0 Å². The minimum absolute atomic E-state index is 0.206. The van der Waals surface area contributed by atoms with Gasteiger partial charge in [-0.05, 0) is 54.9 Å². The second-order valence-corrected chi connectivity index (χ2v) is 9.41. The Morgan fingerprint density at radius 3 is 2.73 bits per heavy atom. The van der Waals surface area contributed by atoms with Crippen molar-refractivity contribution in [1.82, 2.24) is 4.98 Å². The van der Waals surface area contributed by atoms with E-state index in [4.69, 9.17) is 19.9 Å². The van der Waals surface area contributed by atoms with E-state index in [2.05, 4.69) is 38.7 Å². The minimum Gasteiger partial charge on any atom is -0.490 e. The van der Waals surface area contributed by atoms with Crippen LogP contribution in [0.3, 0.4) is 0 Å². The molecule has 6 nitrogen and oxygen atoms in total. The van der Waals surface area contributed by atoms with Gasteiger partial charge < -0.3 is 19.9 Å². The van der Waals surface area contributed by atoms with E-state index in [1.54, 1.807) is 0 Å². The molecule has 2 unspecified atom stereocenters. The molecule has 1 amide bonds. The van der Waals surface area contributed by atoms with Gasteiger partial charge >= 0.3 is 6.09 Å². The van der Waals surface area contributed by atoms with Gasteiger partial charge in [0, 0.05) is 29.1 Å². The third-order valence-electron chi connectivity index (χ3n) is 5.09. The van der Waals surface area contributed by atoms with Crippen LogP contribution in [0.1, 0.15) is 51.8 Å². The van der Waals surface area contributed by atoms with Crippen molar-refractivity contribution >= 4 is 6.09 Å². The van der Waals surface area contributed by atoms with Crippen LogP contribution in [0.25, 0.3) is 11.1 Å². The molecule has 6 heteroatoms. The quantitative estimate of drug-likeness (QED) is 0.671. The summed E-state index contributed by atoms with van der Waals surface area (Å²) in [5.41, 5.74) is 9.69. The maximum Gasteiger partial charge on any atom is 0.404 e. The van der Waals surface area contributed by atoms with Crippen LogP contribution < -0.4 is 15.2 Å². The zero-order chi connectivity index (χ0) is 21.9. The molecular formula is C24H32N2O4. The molecule has 0 saturated carbocycles. The first kappa shape index (κ1) is 21.9. The van der Waals surface area contributed by atoms with Gasteiger partial charge in [0.2, 0.25) is 0 Å². The molecule has 0 fully saturated rings. The third-order valence-corrected chi connectivity index (χ3v) is 5.09. The average Bonchev–Trinajstić information content (AvgIpc) is 2.63. The van der Waals surface area contributed by atoms with Gasteiger partial charge in [-0.1, -0.05) is 27.7 Å². The van der Waals surface area contributed by atoms with Crippen LogP contribution in [0.5, 0.6) is 11.5 Å². The van der Waals surface area contributed by atoms with Gasteiger partial charge in [-0.3, -0.25) is 4.98 Å². The van der Waals surface area contributed by atoms with Gasteiger partial charge in [0.15, 0.2) is 0 Å². The Labute approximate surface area is 178 Å². The number of hydrogen-bond donors (Lipinski definition) is 1. The van der Waals surface area contributed by atoms with Crippen LogP contribution >= 0.6 is 0 Å². The summed E-state index contributed by atoms with van der Waals surface area (Å²) in [6.07, 6.45) is 2.41. The number of ether oxygens (including phenoxy) is 3. The molecule has 0 saturated heterocycles. The molecule has 1 aromatic heterocycles. The van der Waals surface area contributed by atoms with Crippen molar-refractivity contribution in [3.8, 4) is 22.6 Å². The number of pyridine rings is 1. The highest BCUT2D eigenvalue weighted by molar-refractivity contribution is 5.75. The van der Waals surface area contributed by atoms with Gasteiger partial charge in [0.25, 0.3) is 0 Å². The molecule has 3 rings (SSSR count). The first-order valence-corrected chi connectivity index (χ1v) is 10.4. The second kappa shape index (κ2) is 8.94. The fourth-order valence-electron chi connectivity index (χ4n) is 4.12. The predicted molar refractivity (Wildman–Crippen MR) is 117 cm³/mol. The molecule has 0 aliphatic carbocycles. The summed E-state index contributed by atoms with van der Waals surface area (Å²) < 4.78 is 17.2. The standard InChI is InChI=1S/C24H32N2O4/c1-15(11-24(3,4)5)8-19(30-23(25)27)14-28-18-6-7-20-21-9-16(2)26-12-17(21)13-29-22(20)10-18/h6-7,9-10,12,15,19H,8,11,13-14H2,1-5H3,(H2,25,27). The zero-order valence-corrected chi connectivity index (χ0v) is 18.5. The summed E-state index contributed by atoms with van der Waals surface area (Å²) in [5, 5.41) is 0. The van der Waals surface area contributed by atoms with Crippen LogP contribution in [0, 0.1) is 18.3 Å². The molecule has 2 heterocycles. The van der Waals surface area contributed by atoms with Gasteiger partial charge in [-0.2, -0.15) is 0 Å². The maximum absolute atomic E-state index is 11.3. The van der Waals surface area contributed by atoms with Gasteiger partial charge in [-0.15, -0.1) is 0 Å². The van der Waals surface area contributed by atoms with Crippen LogP contribution in [-0.2, 0) is 11.3 Å². The number of aromatic nitrogens is 1. The van der Waals surface area contributed by atoms with E-state index in [-0.39, 0.29) is 12.0 Å². The average molecular weight is 413 g/mol. The Morgan fingerprint density at radius 2 is 2.03 bits per heavy atom. The van der Waals surface area contributed by atoms with E-state index in [1.165, 1.54) is 0 Å². The number of amides is 1. The second-order valence-electron chi connectivity index (χ2n) is 9.41. The van der Waals surface area contributed by atoms with E-state index in [0.717, 1.165) is 34.6 Å². The summed E-state index contributed by atoms with van der Waals surface area (Å²) in [4.78, 5) is 15.7. The molecular weight excluding hydrogens is 380 g/mol. The summed E-state index contributed by atoms with van der Waals surface area (Å²) in [7, 11) is 0. The lowest BCUT2D eigenvalue weighted by Gasteiger charge is -2.26. The number of carbonyl (C=O) groups is 1. The molecule has 2 aromatic rings. The van der Waals surface area contributed by atoms with Crippen LogP contribution in [0.2, 0.25) is 0 Å². The van der Waals surface area contributed by atoms with Crippen molar-refractivity contribution in [1.29, 1.82) is 0 Å². The lowest BCUT2D eigenvalue weighted by molar-refractivity contribution is 0.0534. The predicted octanol–water partition coefficient (Wildman–Crippen LogP) is 5.25. The minimum atomic E-state index is -0.777. The third kappa shape index (κ3) is 5.88. The highest BCUT2D eigenvalue weighted by Crippen LogP contribution is 2.39. The fraction of sp³-hybridized carbons (Fsp3) is 0.500. The van der Waals surface area contributed by atoms with Crippen LogP contribution in [0.4, 0.5) is 4.79 Å². The summed E-state index contributed by atoms with van der Waals surface area (Å²) in [6, 6.07) is 7.86. The molecule has 30 heavy (non-hydrogen) atoms. The number of nitrogens with zero attached hydrogens (tertiary/aromatic N) is 1. The molecule has 1 aliphatic rings. The number of primary amides is 1. The smallest absolute Gasteiger partial charge is 0.404 e. The Bertz CT molecular complexity index is 905. The van der Waals surface area contributed by atoms with Crippen molar-refractivity contribution in [2.45, 2.75) is 60.2 Å². The highest BCUT2D eigenvalue weighted by atomic mass is 16.6. The molecule has 2 atom stereocenters. The van der Waals surface area contributed by atoms with Crippen molar-refractivity contribution in [3.05, 3.63) is 41.7 Å². The maximum atomic E-state index is 11.3. The lowest BCUT2D eigenvalue weighted by atomic mass is 9.83. The monoisotopic (exact) mass is 412 g/mol. The van der Waals surface area contributed by atoms with Gasteiger partial charge in [0.1, 0.15) is 30.8 Å². The molecule has 162 valence electrons. The lowest BCUT2D eigenvalue weighted by Crippen LogP contribution is -2.30. The Kier molecular flexibility index (Phi) is 6.54. The summed E-state index contributed by atoms with van der Waals surface area (Å²) >= 11 is 0. The van der Waals surface area contributed by atoms with Crippen LogP contribution in [0.15, 0.2) is 30.5 Å². The molecule has 1 aliphatic heterocycles. The Morgan fingerprint density at radius 1 is 1.27 bits per heavy atom. The molecule has 1 aromatic carbocycles.